The van der Waals surface area contributed by atoms with Crippen molar-refractivity contribution < 1.29 is 0 Å². The molecule has 2 heterocycles. The van der Waals surface area contributed by atoms with Gasteiger partial charge in [-0.05, 0) is 36.9 Å². The molecule has 1 unspecified atom stereocenters. The number of hydrogen-bond donors (Lipinski definition) is 2. The van der Waals surface area contributed by atoms with Crippen LogP contribution in [0.2, 0.25) is 0 Å². The van der Waals surface area contributed by atoms with Crippen molar-refractivity contribution in [3.63, 3.8) is 0 Å². The number of nitrogens with zero attached hydrogens (tertiary/aromatic N) is 2. The number of anilines is 2. The van der Waals surface area contributed by atoms with Crippen molar-refractivity contribution >= 4 is 22.4 Å². The number of pyridine rings is 1. The summed E-state index contributed by atoms with van der Waals surface area (Å²) in [6.45, 7) is 2.22. The van der Waals surface area contributed by atoms with Gasteiger partial charge in [-0.1, -0.05) is 18.9 Å². The van der Waals surface area contributed by atoms with Gasteiger partial charge in [0.25, 0.3) is 0 Å². The molecule has 0 spiro atoms. The number of nitrogens with two attached hydrogens (primary N) is 1. The van der Waals surface area contributed by atoms with Crippen LogP contribution < -0.4 is 11.1 Å². The second kappa shape index (κ2) is 5.17. The second-order valence-electron chi connectivity index (χ2n) is 5.24. The molecule has 0 saturated heterocycles. The highest BCUT2D eigenvalue weighted by Crippen LogP contribution is 2.38. The molecular weight excluding hydrogens is 256 g/mol. The van der Waals surface area contributed by atoms with Crippen molar-refractivity contribution in [2.75, 3.05) is 11.1 Å². The lowest BCUT2D eigenvalue weighted by molar-refractivity contribution is 0.643. The van der Waals surface area contributed by atoms with Gasteiger partial charge in [0.05, 0.1) is 5.56 Å². The van der Waals surface area contributed by atoms with Gasteiger partial charge in [-0.3, -0.25) is 4.98 Å². The molecule has 4 nitrogen and oxygen atoms in total. The zero-order valence-electron chi connectivity index (χ0n) is 11.0. The highest BCUT2D eigenvalue weighted by Gasteiger charge is 2.24. The molecule has 0 amide bonds. The molecule has 2 aromatic heterocycles. The SMILES string of the molecule is CC(CC1CC1)Nc1snc(N)c1-c1cccnc1. The van der Waals surface area contributed by atoms with Gasteiger partial charge in [0.1, 0.15) is 10.8 Å². The standard InChI is InChI=1S/C14H18N4S/c1-9(7-10-4-5-10)17-14-12(13(15)18-19-14)11-3-2-6-16-8-11/h2-3,6,8-10,17H,4-5,7H2,1H3,(H2,15,18). The summed E-state index contributed by atoms with van der Waals surface area (Å²) in [6.07, 6.45) is 7.59. The van der Waals surface area contributed by atoms with Crippen LogP contribution in [-0.2, 0) is 0 Å². The monoisotopic (exact) mass is 274 g/mol. The Morgan fingerprint density at radius 2 is 2.37 bits per heavy atom. The zero-order chi connectivity index (χ0) is 13.2. The Bertz CT molecular complexity index is 548. The van der Waals surface area contributed by atoms with Crippen LogP contribution in [0.4, 0.5) is 10.8 Å². The molecular formula is C14H18N4S. The minimum absolute atomic E-state index is 0.461. The molecule has 5 heteroatoms. The number of hydrogen-bond acceptors (Lipinski definition) is 5. The highest BCUT2D eigenvalue weighted by molar-refractivity contribution is 7.11. The van der Waals surface area contributed by atoms with E-state index in [1.54, 1.807) is 6.20 Å². The first-order valence-corrected chi connectivity index (χ1v) is 7.43. The van der Waals surface area contributed by atoms with Gasteiger partial charge in [-0.2, -0.15) is 4.37 Å². The number of rotatable bonds is 5. The van der Waals surface area contributed by atoms with E-state index in [9.17, 15) is 0 Å². The van der Waals surface area contributed by atoms with Gasteiger partial charge < -0.3 is 11.1 Å². The average molecular weight is 274 g/mol. The van der Waals surface area contributed by atoms with E-state index in [1.807, 2.05) is 18.3 Å². The van der Waals surface area contributed by atoms with Crippen molar-refractivity contribution in [1.82, 2.24) is 9.36 Å². The molecule has 0 aliphatic heterocycles. The Morgan fingerprint density at radius 3 is 3.05 bits per heavy atom. The summed E-state index contributed by atoms with van der Waals surface area (Å²) in [6, 6.07) is 4.40. The third kappa shape index (κ3) is 2.87. The van der Waals surface area contributed by atoms with Gasteiger partial charge >= 0.3 is 0 Å². The first-order valence-electron chi connectivity index (χ1n) is 6.66. The van der Waals surface area contributed by atoms with Crippen LogP contribution in [0.3, 0.4) is 0 Å². The molecule has 2 aromatic rings. The smallest absolute Gasteiger partial charge is 0.147 e. The van der Waals surface area contributed by atoms with E-state index < -0.39 is 0 Å². The molecule has 100 valence electrons. The Hall–Kier alpha value is -1.62. The Morgan fingerprint density at radius 1 is 1.53 bits per heavy atom. The minimum atomic E-state index is 0.461. The zero-order valence-corrected chi connectivity index (χ0v) is 11.8. The fourth-order valence-corrected chi connectivity index (χ4v) is 3.18. The summed E-state index contributed by atoms with van der Waals surface area (Å²) >= 11 is 1.43. The lowest BCUT2D eigenvalue weighted by Crippen LogP contribution is -2.15. The van der Waals surface area contributed by atoms with Crippen LogP contribution >= 0.6 is 11.5 Å². The minimum Gasteiger partial charge on any atom is -0.382 e. The topological polar surface area (TPSA) is 63.8 Å². The Balaban J connectivity index is 1.81. The molecule has 19 heavy (non-hydrogen) atoms. The van der Waals surface area contributed by atoms with Crippen LogP contribution in [0.5, 0.6) is 0 Å². The summed E-state index contributed by atoms with van der Waals surface area (Å²) in [4.78, 5) is 4.15. The maximum Gasteiger partial charge on any atom is 0.147 e. The van der Waals surface area contributed by atoms with Gasteiger partial charge in [0.15, 0.2) is 0 Å². The Kier molecular flexibility index (Phi) is 3.38. The van der Waals surface area contributed by atoms with Crippen molar-refractivity contribution in [2.24, 2.45) is 5.92 Å². The van der Waals surface area contributed by atoms with Crippen LogP contribution in [0.25, 0.3) is 11.1 Å². The van der Waals surface area contributed by atoms with Crippen molar-refractivity contribution in [3.05, 3.63) is 24.5 Å². The summed E-state index contributed by atoms with van der Waals surface area (Å²) in [5.74, 6) is 1.49. The number of aromatic nitrogens is 2. The quantitative estimate of drug-likeness (QED) is 0.877. The van der Waals surface area contributed by atoms with Crippen LogP contribution in [0.1, 0.15) is 26.2 Å². The van der Waals surface area contributed by atoms with E-state index in [-0.39, 0.29) is 0 Å². The predicted octanol–water partition coefficient (Wildman–Crippen LogP) is 3.39. The number of nitrogens with one attached hydrogen (secondary N) is 1. The van der Waals surface area contributed by atoms with Crippen LogP contribution in [0.15, 0.2) is 24.5 Å². The highest BCUT2D eigenvalue weighted by atomic mass is 32.1. The fourth-order valence-electron chi connectivity index (χ4n) is 2.33. The third-order valence-corrected chi connectivity index (χ3v) is 4.22. The van der Waals surface area contributed by atoms with Crippen LogP contribution in [-0.4, -0.2) is 15.4 Å². The van der Waals surface area contributed by atoms with Gasteiger partial charge in [0.2, 0.25) is 0 Å². The first kappa shape index (κ1) is 12.4. The molecule has 1 atom stereocenters. The third-order valence-electron chi connectivity index (χ3n) is 3.43. The molecule has 1 aliphatic rings. The molecule has 0 radical (unpaired) electrons. The largest absolute Gasteiger partial charge is 0.382 e. The summed E-state index contributed by atoms with van der Waals surface area (Å²) in [5, 5.41) is 4.60. The maximum atomic E-state index is 5.99. The second-order valence-corrected chi connectivity index (χ2v) is 6.01. The van der Waals surface area contributed by atoms with E-state index in [0.29, 0.717) is 11.9 Å². The van der Waals surface area contributed by atoms with Crippen molar-refractivity contribution in [2.45, 2.75) is 32.2 Å². The molecule has 1 fully saturated rings. The lowest BCUT2D eigenvalue weighted by atomic mass is 10.1. The van der Waals surface area contributed by atoms with Gasteiger partial charge in [-0.25, -0.2) is 0 Å². The molecule has 3 N–H and O–H groups in total. The van der Waals surface area contributed by atoms with E-state index >= 15 is 0 Å². The van der Waals surface area contributed by atoms with Crippen LogP contribution in [0, 0.1) is 5.92 Å². The summed E-state index contributed by atoms with van der Waals surface area (Å²) in [5.41, 5.74) is 8.00. The summed E-state index contributed by atoms with van der Waals surface area (Å²) < 4.78 is 4.27. The van der Waals surface area contributed by atoms with E-state index in [2.05, 4.69) is 21.6 Å². The van der Waals surface area contributed by atoms with Gasteiger partial charge in [-0.15, -0.1) is 0 Å². The predicted molar refractivity (Wildman–Crippen MR) is 80.2 cm³/mol. The Labute approximate surface area is 117 Å². The molecule has 1 saturated carbocycles. The first-order chi connectivity index (χ1) is 9.24. The van der Waals surface area contributed by atoms with E-state index in [4.69, 9.17) is 5.73 Å². The normalized spacial score (nSPS) is 16.3. The molecule has 1 aliphatic carbocycles. The van der Waals surface area contributed by atoms with Crippen molar-refractivity contribution in [3.8, 4) is 11.1 Å². The van der Waals surface area contributed by atoms with E-state index in [0.717, 1.165) is 22.0 Å². The lowest BCUT2D eigenvalue weighted by Gasteiger charge is -2.14. The molecule has 0 aromatic carbocycles. The molecule has 0 bridgehead atoms. The molecule has 3 rings (SSSR count). The number of nitrogen functional groups attached to an aromatic ring is 1. The van der Waals surface area contributed by atoms with Gasteiger partial charge in [0, 0.05) is 24.0 Å². The summed E-state index contributed by atoms with van der Waals surface area (Å²) in [7, 11) is 0. The van der Waals surface area contributed by atoms with E-state index in [1.165, 1.54) is 30.8 Å². The average Bonchev–Trinajstić information content (AvgIpc) is 3.14. The maximum absolute atomic E-state index is 5.99. The van der Waals surface area contributed by atoms with Crippen molar-refractivity contribution in [1.29, 1.82) is 0 Å². The fraction of sp³-hybridized carbons (Fsp3) is 0.429.